The van der Waals surface area contributed by atoms with Crippen molar-refractivity contribution in [3.8, 4) is 5.75 Å². The number of amides is 1. The first-order chi connectivity index (χ1) is 7.29. The fourth-order valence-electron chi connectivity index (χ4n) is 1.05. The standard InChI is InChI=1S/C9H10ClNO4S/c1-6-4-3-5-8(7(6)2)15-9(12)11-16(10,13)14/h3-5H,1-2H3,(H,11,12). The highest BCUT2D eigenvalue weighted by Gasteiger charge is 2.13. The molecule has 0 heterocycles. The summed E-state index contributed by atoms with van der Waals surface area (Å²) < 4.78 is 27.4. The second-order valence-electron chi connectivity index (χ2n) is 3.13. The van der Waals surface area contributed by atoms with Gasteiger partial charge in [-0.2, -0.15) is 8.42 Å². The van der Waals surface area contributed by atoms with Gasteiger partial charge in [-0.25, -0.2) is 9.52 Å². The number of carbonyl (C=O) groups is 1. The van der Waals surface area contributed by atoms with Gasteiger partial charge in [-0.15, -0.1) is 0 Å². The molecule has 1 N–H and O–H groups in total. The highest BCUT2D eigenvalue weighted by molar-refractivity contribution is 8.12. The van der Waals surface area contributed by atoms with Gasteiger partial charge < -0.3 is 4.74 Å². The molecule has 1 aromatic rings. The second-order valence-corrected chi connectivity index (χ2v) is 5.43. The molecule has 5 nitrogen and oxygen atoms in total. The first-order valence-corrected chi connectivity index (χ1v) is 6.61. The lowest BCUT2D eigenvalue weighted by atomic mass is 10.1. The largest absolute Gasteiger partial charge is 0.427 e. The number of benzene rings is 1. The molecule has 0 radical (unpaired) electrons. The zero-order valence-corrected chi connectivity index (χ0v) is 10.2. The van der Waals surface area contributed by atoms with E-state index in [4.69, 9.17) is 15.4 Å². The average molecular weight is 264 g/mol. The lowest BCUT2D eigenvalue weighted by molar-refractivity contribution is 0.206. The summed E-state index contributed by atoms with van der Waals surface area (Å²) in [6.45, 7) is 3.60. The minimum Gasteiger partial charge on any atom is -0.409 e. The predicted octanol–water partition coefficient (Wildman–Crippen LogP) is 1.88. The zero-order chi connectivity index (χ0) is 12.3. The molecule has 0 aliphatic carbocycles. The average Bonchev–Trinajstić information content (AvgIpc) is 2.09. The summed E-state index contributed by atoms with van der Waals surface area (Å²) in [6.07, 6.45) is -1.14. The van der Waals surface area contributed by atoms with Crippen molar-refractivity contribution in [1.82, 2.24) is 4.72 Å². The predicted molar refractivity (Wildman–Crippen MR) is 59.8 cm³/mol. The molecular formula is C9H10ClNO4S. The third-order valence-electron chi connectivity index (χ3n) is 1.96. The summed E-state index contributed by atoms with van der Waals surface area (Å²) in [4.78, 5) is 11.1. The quantitative estimate of drug-likeness (QED) is 0.827. The van der Waals surface area contributed by atoms with E-state index in [1.165, 1.54) is 4.72 Å². The molecule has 0 saturated heterocycles. The van der Waals surface area contributed by atoms with E-state index < -0.39 is 15.3 Å². The topological polar surface area (TPSA) is 72.5 Å². The van der Waals surface area contributed by atoms with Gasteiger partial charge in [0, 0.05) is 10.7 Å². The van der Waals surface area contributed by atoms with Crippen LogP contribution in [0.15, 0.2) is 18.2 Å². The lowest BCUT2D eigenvalue weighted by Crippen LogP contribution is -2.29. The third kappa shape index (κ3) is 3.71. The Morgan fingerprint density at radius 2 is 2.00 bits per heavy atom. The first kappa shape index (κ1) is 12.8. The van der Waals surface area contributed by atoms with Crippen LogP contribution in [0.4, 0.5) is 4.79 Å². The fourth-order valence-corrected chi connectivity index (χ4v) is 1.48. The number of hydrogen-bond donors (Lipinski definition) is 1. The zero-order valence-electron chi connectivity index (χ0n) is 8.65. The van der Waals surface area contributed by atoms with Gasteiger partial charge >= 0.3 is 15.3 Å². The Bertz CT molecular complexity index is 512. The number of rotatable bonds is 2. The molecule has 0 fully saturated rings. The van der Waals surface area contributed by atoms with Gasteiger partial charge in [0.2, 0.25) is 0 Å². The number of nitrogens with one attached hydrogen (secondary N) is 1. The second kappa shape index (κ2) is 4.71. The van der Waals surface area contributed by atoms with Crippen molar-refractivity contribution in [2.24, 2.45) is 0 Å². The molecule has 0 spiro atoms. The number of carbonyl (C=O) groups excluding carboxylic acids is 1. The van der Waals surface area contributed by atoms with Gasteiger partial charge in [0.25, 0.3) is 0 Å². The Morgan fingerprint density at radius 3 is 2.56 bits per heavy atom. The van der Waals surface area contributed by atoms with E-state index in [0.717, 1.165) is 11.1 Å². The van der Waals surface area contributed by atoms with Crippen LogP contribution in [0, 0.1) is 13.8 Å². The van der Waals surface area contributed by atoms with Crippen LogP contribution in [-0.2, 0) is 9.24 Å². The molecule has 0 bridgehead atoms. The van der Waals surface area contributed by atoms with Crippen molar-refractivity contribution in [1.29, 1.82) is 0 Å². The summed E-state index contributed by atoms with van der Waals surface area (Å²) in [5, 5.41) is 0. The minimum absolute atomic E-state index is 0.290. The first-order valence-electron chi connectivity index (χ1n) is 4.30. The van der Waals surface area contributed by atoms with Crippen molar-refractivity contribution in [3.05, 3.63) is 29.3 Å². The Morgan fingerprint density at radius 1 is 1.38 bits per heavy atom. The Balaban J connectivity index is 2.82. The molecule has 1 rings (SSSR count). The molecule has 88 valence electrons. The molecular weight excluding hydrogens is 254 g/mol. The molecule has 16 heavy (non-hydrogen) atoms. The Labute approximate surface area is 97.9 Å². The Hall–Kier alpha value is -1.27. The van der Waals surface area contributed by atoms with Crippen LogP contribution in [0.2, 0.25) is 0 Å². The summed E-state index contributed by atoms with van der Waals surface area (Å²) >= 11 is 0. The minimum atomic E-state index is -4.12. The summed E-state index contributed by atoms with van der Waals surface area (Å²) in [5.41, 5.74) is 1.68. The summed E-state index contributed by atoms with van der Waals surface area (Å²) in [6, 6.07) is 5.10. The highest BCUT2D eigenvalue weighted by atomic mass is 35.7. The van der Waals surface area contributed by atoms with Gasteiger partial charge in [-0.05, 0) is 31.0 Å². The molecule has 0 aliphatic rings. The SMILES string of the molecule is Cc1cccc(OC(=O)NS(=O)(=O)Cl)c1C. The molecule has 0 atom stereocenters. The molecule has 0 saturated carbocycles. The number of ether oxygens (including phenoxy) is 1. The van der Waals surface area contributed by atoms with Crippen molar-refractivity contribution in [3.63, 3.8) is 0 Å². The molecule has 0 unspecified atom stereocenters. The number of halogens is 1. The van der Waals surface area contributed by atoms with Gasteiger partial charge in [0.15, 0.2) is 0 Å². The van der Waals surface area contributed by atoms with Gasteiger partial charge in [0.1, 0.15) is 5.75 Å². The molecule has 1 amide bonds. The van der Waals surface area contributed by atoms with Gasteiger partial charge in [-0.3, -0.25) is 0 Å². The summed E-state index contributed by atoms with van der Waals surface area (Å²) in [5.74, 6) is 0.290. The van der Waals surface area contributed by atoms with E-state index in [9.17, 15) is 13.2 Å². The van der Waals surface area contributed by atoms with Crippen LogP contribution in [0.25, 0.3) is 0 Å². The van der Waals surface area contributed by atoms with Gasteiger partial charge in [0.05, 0.1) is 0 Å². The van der Waals surface area contributed by atoms with Crippen molar-refractivity contribution in [2.45, 2.75) is 13.8 Å². The fraction of sp³-hybridized carbons (Fsp3) is 0.222. The summed E-state index contributed by atoms with van der Waals surface area (Å²) in [7, 11) is 0.707. The monoisotopic (exact) mass is 263 g/mol. The molecule has 0 aliphatic heterocycles. The van der Waals surface area contributed by atoms with Crippen LogP contribution in [0.1, 0.15) is 11.1 Å². The van der Waals surface area contributed by atoms with E-state index >= 15 is 0 Å². The van der Waals surface area contributed by atoms with E-state index in [-0.39, 0.29) is 5.75 Å². The molecule has 1 aromatic carbocycles. The third-order valence-corrected chi connectivity index (χ3v) is 2.60. The van der Waals surface area contributed by atoms with Gasteiger partial charge in [-0.1, -0.05) is 12.1 Å². The van der Waals surface area contributed by atoms with Crippen LogP contribution in [0.3, 0.4) is 0 Å². The van der Waals surface area contributed by atoms with Crippen molar-refractivity contribution in [2.75, 3.05) is 0 Å². The smallest absolute Gasteiger partial charge is 0.409 e. The van der Waals surface area contributed by atoms with E-state index in [2.05, 4.69) is 0 Å². The maximum atomic E-state index is 11.1. The van der Waals surface area contributed by atoms with Crippen molar-refractivity contribution >= 4 is 26.0 Å². The normalized spacial score (nSPS) is 10.9. The molecule has 0 aromatic heterocycles. The van der Waals surface area contributed by atoms with Crippen LogP contribution >= 0.6 is 10.7 Å². The van der Waals surface area contributed by atoms with E-state index in [1.807, 2.05) is 13.0 Å². The van der Waals surface area contributed by atoms with Crippen LogP contribution in [-0.4, -0.2) is 14.5 Å². The Kier molecular flexibility index (Phi) is 3.77. The van der Waals surface area contributed by atoms with Crippen LogP contribution < -0.4 is 9.46 Å². The van der Waals surface area contributed by atoms with Crippen molar-refractivity contribution < 1.29 is 17.9 Å². The maximum Gasteiger partial charge on any atom is 0.427 e. The van der Waals surface area contributed by atoms with E-state index in [0.29, 0.717) is 0 Å². The maximum absolute atomic E-state index is 11.1. The number of hydrogen-bond acceptors (Lipinski definition) is 4. The number of aryl methyl sites for hydroxylation is 1. The van der Waals surface area contributed by atoms with E-state index in [1.54, 1.807) is 19.1 Å². The molecule has 7 heteroatoms. The van der Waals surface area contributed by atoms with Crippen LogP contribution in [0.5, 0.6) is 5.75 Å². The highest BCUT2D eigenvalue weighted by Crippen LogP contribution is 2.20. The lowest BCUT2D eigenvalue weighted by Gasteiger charge is -2.08.